The van der Waals surface area contributed by atoms with Gasteiger partial charge < -0.3 is 17.2 Å². The standard InChI is InChI=1S/C10H13N7O6S2/c11-8-7(9(12)15-10(13)14-8)17-16-5-2-1-4(24(18,19)20)3-6(5)25(21,22)23/h1-3,16-17H,(H,18,19,20)(H,21,22,23)(H6,11,12,13,14,15). The first-order valence-corrected chi connectivity index (χ1v) is 9.07. The number of nitrogen functional groups attached to an aromatic ring is 3. The van der Waals surface area contributed by atoms with Crippen LogP contribution in [0.1, 0.15) is 0 Å². The molecule has 15 heteroatoms. The average Bonchev–Trinajstić information content (AvgIpc) is 2.44. The molecule has 0 fully saturated rings. The molecule has 1 heterocycles. The number of nitrogens with two attached hydrogens (primary N) is 3. The Morgan fingerprint density at radius 2 is 1.44 bits per heavy atom. The number of benzene rings is 1. The molecule has 25 heavy (non-hydrogen) atoms. The molecule has 0 amide bonds. The van der Waals surface area contributed by atoms with Gasteiger partial charge in [0.25, 0.3) is 20.2 Å². The van der Waals surface area contributed by atoms with Crippen molar-refractivity contribution in [1.29, 1.82) is 0 Å². The zero-order valence-electron chi connectivity index (χ0n) is 12.2. The first-order chi connectivity index (χ1) is 11.4. The Morgan fingerprint density at radius 3 is 1.92 bits per heavy atom. The summed E-state index contributed by atoms with van der Waals surface area (Å²) in [4.78, 5) is 5.73. The van der Waals surface area contributed by atoms with Crippen molar-refractivity contribution in [2.24, 2.45) is 0 Å². The Hall–Kier alpha value is -2.88. The fourth-order valence-electron chi connectivity index (χ4n) is 1.75. The molecule has 1 aromatic heterocycles. The molecule has 0 aliphatic rings. The zero-order valence-corrected chi connectivity index (χ0v) is 13.8. The van der Waals surface area contributed by atoms with Crippen LogP contribution in [0.3, 0.4) is 0 Å². The zero-order chi connectivity index (χ0) is 19.0. The number of hydrogen-bond donors (Lipinski definition) is 7. The molecule has 0 spiro atoms. The summed E-state index contributed by atoms with van der Waals surface area (Å²) in [6, 6.07) is 2.44. The van der Waals surface area contributed by atoms with Gasteiger partial charge in [-0.3, -0.25) is 20.0 Å². The van der Waals surface area contributed by atoms with E-state index in [1.165, 1.54) is 0 Å². The molecule has 0 saturated carbocycles. The maximum atomic E-state index is 11.4. The lowest BCUT2D eigenvalue weighted by molar-refractivity contribution is 0.481. The van der Waals surface area contributed by atoms with Crippen LogP contribution in [-0.2, 0) is 20.2 Å². The molecule has 2 rings (SSSR count). The average molecular weight is 391 g/mol. The van der Waals surface area contributed by atoms with Crippen molar-refractivity contribution in [3.05, 3.63) is 18.2 Å². The van der Waals surface area contributed by atoms with Crippen LogP contribution in [0.2, 0.25) is 0 Å². The molecule has 0 bridgehead atoms. The molecule has 136 valence electrons. The Balaban J connectivity index is 2.44. The number of hydrogen-bond acceptors (Lipinski definition) is 11. The molecule has 10 N–H and O–H groups in total. The normalized spacial score (nSPS) is 11.9. The molecule has 13 nitrogen and oxygen atoms in total. The van der Waals surface area contributed by atoms with Gasteiger partial charge in [0.15, 0.2) is 11.6 Å². The van der Waals surface area contributed by atoms with Crippen LogP contribution in [0.15, 0.2) is 28.0 Å². The van der Waals surface area contributed by atoms with Gasteiger partial charge in [-0.05, 0) is 18.2 Å². The first-order valence-electron chi connectivity index (χ1n) is 6.19. The predicted octanol–water partition coefficient (Wildman–Crippen LogP) is -0.844. The summed E-state index contributed by atoms with van der Waals surface area (Å²) in [5.74, 6) is -0.488. The van der Waals surface area contributed by atoms with E-state index in [0.29, 0.717) is 6.07 Å². The smallest absolute Gasteiger partial charge is 0.296 e. The van der Waals surface area contributed by atoms with Crippen molar-refractivity contribution in [2.75, 3.05) is 28.1 Å². The van der Waals surface area contributed by atoms with Crippen molar-refractivity contribution < 1.29 is 25.9 Å². The van der Waals surface area contributed by atoms with E-state index in [4.69, 9.17) is 21.8 Å². The van der Waals surface area contributed by atoms with Crippen LogP contribution in [0.5, 0.6) is 0 Å². The SMILES string of the molecule is Nc1nc(N)c(NNc2ccc(S(=O)(=O)O)cc2S(=O)(=O)O)c(N)n1. The molecular formula is C10H13N7O6S2. The van der Waals surface area contributed by atoms with E-state index in [9.17, 15) is 21.4 Å². The van der Waals surface area contributed by atoms with Gasteiger partial charge in [0.05, 0.1) is 10.6 Å². The molecule has 0 radical (unpaired) electrons. The molecule has 0 aliphatic heterocycles. The fraction of sp³-hybridized carbons (Fsp3) is 0. The molecule has 1 aromatic carbocycles. The summed E-state index contributed by atoms with van der Waals surface area (Å²) in [5, 5.41) is 0. The van der Waals surface area contributed by atoms with Gasteiger partial charge in [0.2, 0.25) is 5.95 Å². The number of aromatic nitrogens is 2. The van der Waals surface area contributed by atoms with Crippen LogP contribution < -0.4 is 28.1 Å². The van der Waals surface area contributed by atoms with Gasteiger partial charge in [-0.25, -0.2) is 0 Å². The second-order valence-corrected chi connectivity index (χ2v) is 7.40. The highest BCUT2D eigenvalue weighted by atomic mass is 32.2. The Bertz CT molecular complexity index is 1010. The first kappa shape index (κ1) is 18.5. The third-order valence-electron chi connectivity index (χ3n) is 2.83. The van der Waals surface area contributed by atoms with E-state index >= 15 is 0 Å². The highest BCUT2D eigenvalue weighted by molar-refractivity contribution is 7.86. The molecular weight excluding hydrogens is 378 g/mol. The molecule has 0 saturated heterocycles. The Labute approximate surface area is 141 Å². The van der Waals surface area contributed by atoms with E-state index in [0.717, 1.165) is 12.1 Å². The summed E-state index contributed by atoms with van der Waals surface area (Å²) in [6.45, 7) is 0. The second kappa shape index (κ2) is 6.20. The molecule has 2 aromatic rings. The van der Waals surface area contributed by atoms with Crippen LogP contribution >= 0.6 is 0 Å². The number of nitrogens with one attached hydrogen (secondary N) is 2. The number of anilines is 5. The largest absolute Gasteiger partial charge is 0.382 e. The highest BCUT2D eigenvalue weighted by Gasteiger charge is 2.21. The van der Waals surface area contributed by atoms with Gasteiger partial charge in [0, 0.05) is 0 Å². The van der Waals surface area contributed by atoms with E-state index in [2.05, 4.69) is 20.8 Å². The van der Waals surface area contributed by atoms with Crippen molar-refractivity contribution in [1.82, 2.24) is 9.97 Å². The van der Waals surface area contributed by atoms with Crippen LogP contribution in [0.25, 0.3) is 0 Å². The van der Waals surface area contributed by atoms with Gasteiger partial charge in [-0.15, -0.1) is 0 Å². The second-order valence-electron chi connectivity index (χ2n) is 4.59. The van der Waals surface area contributed by atoms with Crippen LogP contribution in [0, 0.1) is 0 Å². The number of rotatable bonds is 5. The van der Waals surface area contributed by atoms with Crippen LogP contribution in [0.4, 0.5) is 29.0 Å². The predicted molar refractivity (Wildman–Crippen MR) is 88.6 cm³/mol. The lowest BCUT2D eigenvalue weighted by atomic mass is 10.3. The van der Waals surface area contributed by atoms with E-state index in [1.54, 1.807) is 0 Å². The van der Waals surface area contributed by atoms with E-state index in [1.807, 2.05) is 0 Å². The summed E-state index contributed by atoms with van der Waals surface area (Å²) < 4.78 is 63.3. The maximum Gasteiger partial charge on any atom is 0.296 e. The quantitative estimate of drug-likeness (QED) is 0.243. The lowest BCUT2D eigenvalue weighted by Crippen LogP contribution is -2.17. The number of nitrogens with zero attached hydrogens (tertiary/aromatic N) is 2. The third-order valence-corrected chi connectivity index (χ3v) is 4.58. The van der Waals surface area contributed by atoms with Crippen molar-refractivity contribution in [3.63, 3.8) is 0 Å². The minimum atomic E-state index is -4.84. The Morgan fingerprint density at radius 1 is 0.880 bits per heavy atom. The van der Waals surface area contributed by atoms with Crippen LogP contribution in [-0.4, -0.2) is 35.9 Å². The Kier molecular flexibility index (Phi) is 4.58. The van der Waals surface area contributed by atoms with Gasteiger partial charge >= 0.3 is 0 Å². The molecule has 0 aliphatic carbocycles. The summed E-state index contributed by atoms with van der Waals surface area (Å²) in [6.07, 6.45) is 0. The van der Waals surface area contributed by atoms with Gasteiger partial charge in [-0.1, -0.05) is 0 Å². The number of hydrazine groups is 1. The monoisotopic (exact) mass is 391 g/mol. The minimum absolute atomic E-state index is 0.0330. The van der Waals surface area contributed by atoms with Crippen molar-refractivity contribution in [2.45, 2.75) is 9.79 Å². The van der Waals surface area contributed by atoms with Gasteiger partial charge in [0.1, 0.15) is 10.6 Å². The summed E-state index contributed by atoms with van der Waals surface area (Å²) in [7, 11) is -9.52. The third kappa shape index (κ3) is 4.15. The van der Waals surface area contributed by atoms with E-state index < -0.39 is 30.0 Å². The van der Waals surface area contributed by atoms with Gasteiger partial charge in [-0.2, -0.15) is 26.8 Å². The molecule has 0 atom stereocenters. The summed E-state index contributed by atoms with van der Waals surface area (Å²) in [5.41, 5.74) is 21.0. The van der Waals surface area contributed by atoms with E-state index in [-0.39, 0.29) is 29.0 Å². The molecule has 0 unspecified atom stereocenters. The summed E-state index contributed by atoms with van der Waals surface area (Å²) >= 11 is 0. The topological polar surface area (TPSA) is 237 Å². The minimum Gasteiger partial charge on any atom is -0.382 e. The maximum absolute atomic E-state index is 11.4. The van der Waals surface area contributed by atoms with Crippen molar-refractivity contribution >= 4 is 49.2 Å². The highest BCUT2D eigenvalue weighted by Crippen LogP contribution is 2.27. The lowest BCUT2D eigenvalue weighted by Gasteiger charge is -2.15. The van der Waals surface area contributed by atoms with Crippen molar-refractivity contribution in [3.8, 4) is 0 Å². The fourth-order valence-corrected chi connectivity index (χ4v) is 3.01.